The summed E-state index contributed by atoms with van der Waals surface area (Å²) in [6.45, 7) is 3.62. The molecule has 2 rings (SSSR count). The SMILES string of the molecule is CCCC(C[C@@H](c1cc(C)ccn1)[C@H](C/C=C/c1ccccc1)C(=O)NO)(C(=O)NN)S(C)(=O)=O.CS(=O)(=O)O. The van der Waals surface area contributed by atoms with Gasteiger partial charge in [-0.1, -0.05) is 55.8 Å². The van der Waals surface area contributed by atoms with Crippen molar-refractivity contribution >= 4 is 37.8 Å². The van der Waals surface area contributed by atoms with Crippen LogP contribution in [0.25, 0.3) is 6.08 Å². The molecule has 3 atom stereocenters. The molecule has 0 bridgehead atoms. The van der Waals surface area contributed by atoms with Crippen LogP contribution in [0.1, 0.15) is 55.3 Å². The zero-order valence-corrected chi connectivity index (χ0v) is 24.6. The molecular formula is C26H38N4O8S2. The van der Waals surface area contributed by atoms with Crippen molar-refractivity contribution in [1.82, 2.24) is 15.9 Å². The van der Waals surface area contributed by atoms with Crippen molar-refractivity contribution in [3.05, 3.63) is 71.6 Å². The minimum atomic E-state index is -3.97. The molecule has 222 valence electrons. The topological polar surface area (TPSA) is 206 Å². The second-order valence-corrected chi connectivity index (χ2v) is 13.2. The Kier molecular flexibility index (Phi) is 13.6. The van der Waals surface area contributed by atoms with Crippen LogP contribution in [0.2, 0.25) is 0 Å². The normalized spacial score (nSPS) is 14.8. The Balaban J connectivity index is 0.00000146. The molecule has 0 aliphatic carbocycles. The Bertz CT molecular complexity index is 1360. The number of carbonyl (C=O) groups is 2. The molecule has 6 N–H and O–H groups in total. The monoisotopic (exact) mass is 598 g/mol. The molecule has 14 heteroatoms. The first-order chi connectivity index (χ1) is 18.6. The fourth-order valence-electron chi connectivity index (χ4n) is 4.37. The number of nitrogens with one attached hydrogen (secondary N) is 2. The lowest BCUT2D eigenvalue weighted by Gasteiger charge is -2.35. The largest absolute Gasteiger partial charge is 0.293 e. The number of hydrazine groups is 1. The van der Waals surface area contributed by atoms with Crippen molar-refractivity contribution in [3.8, 4) is 0 Å². The minimum absolute atomic E-state index is 0.00447. The second kappa shape index (κ2) is 15.6. The quantitative estimate of drug-likeness (QED) is 0.0791. The molecule has 0 radical (unpaired) electrons. The van der Waals surface area contributed by atoms with Gasteiger partial charge < -0.3 is 0 Å². The van der Waals surface area contributed by atoms with Crippen LogP contribution in [-0.4, -0.2) is 60.7 Å². The highest BCUT2D eigenvalue weighted by Crippen LogP contribution is 2.40. The van der Waals surface area contributed by atoms with E-state index in [1.54, 1.807) is 36.8 Å². The number of aryl methyl sites for hydroxylation is 1. The van der Waals surface area contributed by atoms with Gasteiger partial charge in [0.05, 0.1) is 12.2 Å². The summed E-state index contributed by atoms with van der Waals surface area (Å²) in [4.78, 5) is 30.3. The molecule has 0 fully saturated rings. The fraction of sp³-hybridized carbons (Fsp3) is 0.423. The maximum atomic E-state index is 13.0. The van der Waals surface area contributed by atoms with Gasteiger partial charge in [-0.15, -0.1) is 0 Å². The van der Waals surface area contributed by atoms with Gasteiger partial charge in [0.1, 0.15) is 0 Å². The number of hydroxylamine groups is 1. The molecule has 12 nitrogen and oxygen atoms in total. The van der Waals surface area contributed by atoms with Crippen LogP contribution in [0.4, 0.5) is 0 Å². The molecule has 0 aliphatic rings. The number of carbonyl (C=O) groups excluding carboxylic acids is 2. The lowest BCUT2D eigenvalue weighted by atomic mass is 9.77. The Morgan fingerprint density at radius 3 is 2.20 bits per heavy atom. The summed E-state index contributed by atoms with van der Waals surface area (Å²) < 4.78 is 50.1. The Labute approximate surface area is 235 Å². The number of allylic oxidation sites excluding steroid dienone is 1. The van der Waals surface area contributed by atoms with E-state index in [0.29, 0.717) is 18.4 Å². The maximum absolute atomic E-state index is 13.0. The van der Waals surface area contributed by atoms with E-state index in [-0.39, 0.29) is 19.3 Å². The zero-order valence-electron chi connectivity index (χ0n) is 22.9. The van der Waals surface area contributed by atoms with Gasteiger partial charge in [0, 0.05) is 24.1 Å². The van der Waals surface area contributed by atoms with Crippen LogP contribution in [0, 0.1) is 12.8 Å². The number of pyridine rings is 1. The zero-order chi connectivity index (χ0) is 30.6. The number of rotatable bonds is 12. The van der Waals surface area contributed by atoms with Crippen molar-refractivity contribution in [2.45, 2.75) is 50.2 Å². The van der Waals surface area contributed by atoms with Gasteiger partial charge in [-0.3, -0.25) is 29.8 Å². The van der Waals surface area contributed by atoms with Gasteiger partial charge in [-0.05, 0) is 49.4 Å². The van der Waals surface area contributed by atoms with E-state index in [1.807, 2.05) is 48.8 Å². The van der Waals surface area contributed by atoms with Crippen molar-refractivity contribution in [2.75, 3.05) is 12.5 Å². The highest BCUT2D eigenvalue weighted by atomic mass is 32.2. The van der Waals surface area contributed by atoms with Gasteiger partial charge in [0.2, 0.25) is 5.91 Å². The van der Waals surface area contributed by atoms with Gasteiger partial charge in [0.25, 0.3) is 16.0 Å². The molecule has 2 aromatic rings. The molecular weight excluding hydrogens is 560 g/mol. The molecule has 0 spiro atoms. The van der Waals surface area contributed by atoms with E-state index in [2.05, 4.69) is 4.98 Å². The van der Waals surface area contributed by atoms with Gasteiger partial charge in [-0.2, -0.15) is 8.42 Å². The summed E-state index contributed by atoms with van der Waals surface area (Å²) >= 11 is 0. The predicted octanol–water partition coefficient (Wildman–Crippen LogP) is 2.17. The summed E-state index contributed by atoms with van der Waals surface area (Å²) in [6.07, 6.45) is 7.21. The number of nitrogens with two attached hydrogens (primary N) is 1. The molecule has 0 saturated heterocycles. The third-order valence-corrected chi connectivity index (χ3v) is 8.18. The lowest BCUT2D eigenvalue weighted by Crippen LogP contribution is -2.55. The summed E-state index contributed by atoms with van der Waals surface area (Å²) in [5.74, 6) is 2.13. The molecule has 1 unspecified atom stereocenters. The molecule has 40 heavy (non-hydrogen) atoms. The third kappa shape index (κ3) is 10.8. The van der Waals surface area contributed by atoms with Gasteiger partial charge >= 0.3 is 0 Å². The van der Waals surface area contributed by atoms with Crippen LogP contribution in [0.3, 0.4) is 0 Å². The number of amides is 2. The van der Waals surface area contributed by atoms with E-state index in [9.17, 15) is 31.6 Å². The smallest absolute Gasteiger partial charge is 0.261 e. The van der Waals surface area contributed by atoms with Crippen LogP contribution >= 0.6 is 0 Å². The van der Waals surface area contributed by atoms with E-state index in [0.717, 1.165) is 17.4 Å². The highest BCUT2D eigenvalue weighted by molar-refractivity contribution is 7.92. The van der Waals surface area contributed by atoms with Crippen molar-refractivity contribution in [2.24, 2.45) is 11.8 Å². The summed E-state index contributed by atoms with van der Waals surface area (Å²) in [5.41, 5.74) is 5.93. The third-order valence-electron chi connectivity index (χ3n) is 6.21. The number of aromatic nitrogens is 1. The van der Waals surface area contributed by atoms with Crippen molar-refractivity contribution in [1.29, 1.82) is 0 Å². The summed E-state index contributed by atoms with van der Waals surface area (Å²) in [5, 5.41) is 9.53. The number of sulfone groups is 1. The standard InChI is InChI=1S/C25H34N4O5S.CH4O3S/c1-4-14-25(24(31)28-26,35(3,33)34)17-21(22-16-18(2)13-15-27-22)20(23(30)29-32)12-8-11-19-9-6-5-7-10-19;1-5(2,3)4/h5-11,13,15-16,20-21,32H,4,12,14,17,26H2,1-3H3,(H,28,31)(H,29,30);1H3,(H,2,3,4)/b11-8+;/t20-,21+,25?;/m0./s1. The van der Waals surface area contributed by atoms with Gasteiger partial charge in [0.15, 0.2) is 14.6 Å². The molecule has 0 aliphatic heterocycles. The first-order valence-electron chi connectivity index (χ1n) is 12.3. The predicted molar refractivity (Wildman–Crippen MR) is 152 cm³/mol. The molecule has 0 saturated carbocycles. The van der Waals surface area contributed by atoms with Crippen LogP contribution < -0.4 is 16.7 Å². The molecule has 1 aromatic carbocycles. The van der Waals surface area contributed by atoms with Crippen molar-refractivity contribution in [3.63, 3.8) is 0 Å². The minimum Gasteiger partial charge on any atom is -0.293 e. The fourth-order valence-corrected chi connectivity index (χ4v) is 5.82. The lowest BCUT2D eigenvalue weighted by molar-refractivity contribution is -0.134. The molecule has 2 amide bonds. The number of nitrogens with zero attached hydrogens (tertiary/aromatic N) is 1. The molecule has 1 aromatic heterocycles. The summed E-state index contributed by atoms with van der Waals surface area (Å²) in [7, 11) is -7.64. The first kappa shape index (κ1) is 34.9. The Morgan fingerprint density at radius 2 is 1.73 bits per heavy atom. The Hall–Kier alpha value is -3.17. The number of hydrogen-bond donors (Lipinski definition) is 5. The number of hydrogen-bond acceptors (Lipinski definition) is 9. The first-order valence-corrected chi connectivity index (χ1v) is 16.0. The van der Waals surface area contributed by atoms with E-state index in [4.69, 9.17) is 10.4 Å². The van der Waals surface area contributed by atoms with Crippen LogP contribution in [-0.2, 0) is 29.5 Å². The Morgan fingerprint density at radius 1 is 1.12 bits per heavy atom. The average Bonchev–Trinajstić information content (AvgIpc) is 2.87. The van der Waals surface area contributed by atoms with E-state index >= 15 is 0 Å². The highest BCUT2D eigenvalue weighted by Gasteiger charge is 2.50. The maximum Gasteiger partial charge on any atom is 0.261 e. The average molecular weight is 599 g/mol. The summed E-state index contributed by atoms with van der Waals surface area (Å²) in [6, 6.07) is 13.0. The van der Waals surface area contributed by atoms with Crippen LogP contribution in [0.5, 0.6) is 0 Å². The number of benzene rings is 1. The van der Waals surface area contributed by atoms with Gasteiger partial charge in [-0.25, -0.2) is 19.7 Å². The van der Waals surface area contributed by atoms with Crippen LogP contribution in [0.15, 0.2) is 54.7 Å². The van der Waals surface area contributed by atoms with Crippen molar-refractivity contribution < 1.29 is 36.2 Å². The van der Waals surface area contributed by atoms with E-state index in [1.165, 1.54) is 0 Å². The second-order valence-electron chi connectivity index (χ2n) is 9.42. The van der Waals surface area contributed by atoms with E-state index < -0.39 is 48.4 Å². The molecule has 1 heterocycles.